The van der Waals surface area contributed by atoms with Crippen molar-refractivity contribution >= 4 is 5.91 Å². The summed E-state index contributed by atoms with van der Waals surface area (Å²) >= 11 is 0. The van der Waals surface area contributed by atoms with Gasteiger partial charge in [0.25, 0.3) is 0 Å². The number of rotatable bonds is 1. The summed E-state index contributed by atoms with van der Waals surface area (Å²) in [5, 5.41) is 0. The van der Waals surface area contributed by atoms with Crippen LogP contribution in [0, 0.1) is 5.92 Å². The van der Waals surface area contributed by atoms with Gasteiger partial charge < -0.3 is 15.5 Å². The van der Waals surface area contributed by atoms with Crippen molar-refractivity contribution in [1.29, 1.82) is 0 Å². The Morgan fingerprint density at radius 3 is 2.40 bits per heavy atom. The van der Waals surface area contributed by atoms with E-state index in [0.717, 1.165) is 45.4 Å². The van der Waals surface area contributed by atoms with Crippen molar-refractivity contribution in [3.63, 3.8) is 0 Å². The van der Waals surface area contributed by atoms with E-state index in [9.17, 15) is 4.79 Å². The Morgan fingerprint density at radius 1 is 1.20 bits per heavy atom. The minimum absolute atomic E-state index is 0.105. The third kappa shape index (κ3) is 2.32. The molecule has 2 rings (SSSR count). The van der Waals surface area contributed by atoms with Crippen LogP contribution in [0.5, 0.6) is 0 Å². The van der Waals surface area contributed by atoms with Crippen molar-refractivity contribution in [1.82, 2.24) is 9.80 Å². The number of hydrogen-bond donors (Lipinski definition) is 1. The van der Waals surface area contributed by atoms with Crippen LogP contribution < -0.4 is 5.73 Å². The minimum atomic E-state index is 0.105. The molecule has 0 aromatic carbocycles. The summed E-state index contributed by atoms with van der Waals surface area (Å²) in [6.07, 6.45) is 3.13. The lowest BCUT2D eigenvalue weighted by Crippen LogP contribution is -2.50. The zero-order chi connectivity index (χ0) is 10.8. The van der Waals surface area contributed by atoms with E-state index < -0.39 is 0 Å². The summed E-state index contributed by atoms with van der Waals surface area (Å²) < 4.78 is 0. The fourth-order valence-corrected chi connectivity index (χ4v) is 2.56. The first kappa shape index (κ1) is 10.9. The lowest BCUT2D eigenvalue weighted by molar-refractivity contribution is -0.137. The number of carbonyl (C=O) groups excluding carboxylic acids is 1. The van der Waals surface area contributed by atoms with Gasteiger partial charge in [-0.05, 0) is 19.9 Å². The number of carbonyl (C=O) groups is 1. The van der Waals surface area contributed by atoms with E-state index in [1.165, 1.54) is 0 Å². The molecule has 0 aromatic heterocycles. The molecule has 2 atom stereocenters. The van der Waals surface area contributed by atoms with Crippen molar-refractivity contribution in [2.24, 2.45) is 11.7 Å². The predicted octanol–water partition coefficient (Wildman–Crippen LogP) is -0.112. The van der Waals surface area contributed by atoms with Crippen molar-refractivity contribution in [2.75, 3.05) is 33.2 Å². The molecule has 1 saturated carbocycles. The first-order valence-corrected chi connectivity index (χ1v) is 5.91. The average molecular weight is 211 g/mol. The van der Waals surface area contributed by atoms with Gasteiger partial charge in [0.15, 0.2) is 0 Å². The fraction of sp³-hybridized carbons (Fsp3) is 0.909. The molecule has 1 aliphatic carbocycles. The largest absolute Gasteiger partial charge is 0.340 e. The maximum atomic E-state index is 12.1. The number of nitrogens with zero attached hydrogens (tertiary/aromatic N) is 2. The molecule has 15 heavy (non-hydrogen) atoms. The Hall–Kier alpha value is -0.610. The van der Waals surface area contributed by atoms with Gasteiger partial charge in [-0.2, -0.15) is 0 Å². The van der Waals surface area contributed by atoms with Crippen LogP contribution in [0.2, 0.25) is 0 Å². The Kier molecular flexibility index (Phi) is 3.26. The van der Waals surface area contributed by atoms with Gasteiger partial charge in [0, 0.05) is 32.2 Å². The summed E-state index contributed by atoms with van der Waals surface area (Å²) in [6.45, 7) is 3.73. The summed E-state index contributed by atoms with van der Waals surface area (Å²) in [4.78, 5) is 16.4. The van der Waals surface area contributed by atoms with Gasteiger partial charge in [-0.3, -0.25) is 4.79 Å². The van der Waals surface area contributed by atoms with Crippen LogP contribution in [0.25, 0.3) is 0 Å². The zero-order valence-corrected chi connectivity index (χ0v) is 9.48. The van der Waals surface area contributed by atoms with Crippen molar-refractivity contribution < 1.29 is 4.79 Å². The van der Waals surface area contributed by atoms with E-state index in [1.807, 2.05) is 4.90 Å². The second kappa shape index (κ2) is 4.49. The van der Waals surface area contributed by atoms with Gasteiger partial charge in [0.2, 0.25) is 5.91 Å². The third-order valence-corrected chi connectivity index (χ3v) is 3.70. The smallest absolute Gasteiger partial charge is 0.227 e. The van der Waals surface area contributed by atoms with Crippen LogP contribution in [-0.2, 0) is 4.79 Å². The van der Waals surface area contributed by atoms with E-state index in [1.54, 1.807) is 0 Å². The molecule has 4 heteroatoms. The van der Waals surface area contributed by atoms with E-state index in [4.69, 9.17) is 5.73 Å². The molecular formula is C11H21N3O. The zero-order valence-electron chi connectivity index (χ0n) is 9.48. The monoisotopic (exact) mass is 211 g/mol. The summed E-state index contributed by atoms with van der Waals surface area (Å²) in [6, 6.07) is 0.108. The number of piperazine rings is 1. The average Bonchev–Trinajstić information content (AvgIpc) is 2.65. The van der Waals surface area contributed by atoms with Crippen molar-refractivity contribution in [3.8, 4) is 0 Å². The van der Waals surface area contributed by atoms with Crippen LogP contribution >= 0.6 is 0 Å². The van der Waals surface area contributed by atoms with E-state index >= 15 is 0 Å². The van der Waals surface area contributed by atoms with Crippen LogP contribution in [0.3, 0.4) is 0 Å². The predicted molar refractivity (Wildman–Crippen MR) is 59.4 cm³/mol. The minimum Gasteiger partial charge on any atom is -0.340 e. The molecule has 2 N–H and O–H groups in total. The van der Waals surface area contributed by atoms with Gasteiger partial charge in [-0.25, -0.2) is 0 Å². The number of hydrogen-bond acceptors (Lipinski definition) is 3. The highest BCUT2D eigenvalue weighted by Gasteiger charge is 2.33. The first-order valence-electron chi connectivity index (χ1n) is 5.91. The SMILES string of the molecule is CN1CCN(C(=O)C2CCCC2N)CC1. The van der Waals surface area contributed by atoms with Crippen LogP contribution in [0.15, 0.2) is 0 Å². The van der Waals surface area contributed by atoms with E-state index in [-0.39, 0.29) is 12.0 Å². The molecule has 1 aliphatic heterocycles. The molecule has 2 aliphatic rings. The maximum absolute atomic E-state index is 12.1. The van der Waals surface area contributed by atoms with Gasteiger partial charge >= 0.3 is 0 Å². The molecule has 1 amide bonds. The molecule has 0 aromatic rings. The normalized spacial score (nSPS) is 33.3. The standard InChI is InChI=1S/C11H21N3O/c1-13-5-7-14(8-6-13)11(15)9-3-2-4-10(9)12/h9-10H,2-8,12H2,1H3. The van der Waals surface area contributed by atoms with E-state index in [0.29, 0.717) is 5.91 Å². The molecule has 0 spiro atoms. The summed E-state index contributed by atoms with van der Waals surface area (Å²) in [5.41, 5.74) is 5.96. The third-order valence-electron chi connectivity index (χ3n) is 3.70. The van der Waals surface area contributed by atoms with Crippen LogP contribution in [0.4, 0.5) is 0 Å². The highest BCUT2D eigenvalue weighted by molar-refractivity contribution is 5.80. The van der Waals surface area contributed by atoms with Crippen LogP contribution in [-0.4, -0.2) is 55.0 Å². The molecular weight excluding hydrogens is 190 g/mol. The molecule has 86 valence electrons. The second-order valence-electron chi connectivity index (χ2n) is 4.83. The van der Waals surface area contributed by atoms with Gasteiger partial charge in [0.1, 0.15) is 0 Å². The molecule has 1 heterocycles. The highest BCUT2D eigenvalue weighted by atomic mass is 16.2. The Labute approximate surface area is 91.4 Å². The van der Waals surface area contributed by atoms with Gasteiger partial charge in [-0.1, -0.05) is 6.42 Å². The lowest BCUT2D eigenvalue weighted by atomic mass is 10.0. The van der Waals surface area contributed by atoms with Crippen molar-refractivity contribution in [2.45, 2.75) is 25.3 Å². The molecule has 4 nitrogen and oxygen atoms in total. The fourth-order valence-electron chi connectivity index (χ4n) is 2.56. The van der Waals surface area contributed by atoms with E-state index in [2.05, 4.69) is 11.9 Å². The Balaban J connectivity index is 1.90. The molecule has 2 fully saturated rings. The van der Waals surface area contributed by atoms with Crippen LogP contribution in [0.1, 0.15) is 19.3 Å². The molecule has 0 radical (unpaired) electrons. The first-order chi connectivity index (χ1) is 7.18. The van der Waals surface area contributed by atoms with Gasteiger partial charge in [0.05, 0.1) is 5.92 Å². The van der Waals surface area contributed by atoms with Gasteiger partial charge in [-0.15, -0.1) is 0 Å². The summed E-state index contributed by atoms with van der Waals surface area (Å²) in [5.74, 6) is 0.404. The van der Waals surface area contributed by atoms with Crippen molar-refractivity contribution in [3.05, 3.63) is 0 Å². The highest BCUT2D eigenvalue weighted by Crippen LogP contribution is 2.26. The number of likely N-dealkylation sites (N-methyl/N-ethyl adjacent to an activating group) is 1. The number of amides is 1. The topological polar surface area (TPSA) is 49.6 Å². The quantitative estimate of drug-likeness (QED) is 0.658. The lowest BCUT2D eigenvalue weighted by Gasteiger charge is -2.34. The second-order valence-corrected chi connectivity index (χ2v) is 4.83. The Morgan fingerprint density at radius 2 is 1.87 bits per heavy atom. The molecule has 0 bridgehead atoms. The Bertz CT molecular complexity index is 236. The summed E-state index contributed by atoms with van der Waals surface area (Å²) in [7, 11) is 2.10. The number of nitrogens with two attached hydrogens (primary N) is 1. The molecule has 2 unspecified atom stereocenters. The maximum Gasteiger partial charge on any atom is 0.227 e. The molecule has 1 saturated heterocycles.